The Labute approximate surface area is 709 Å². The number of pyridine rings is 4. The van der Waals surface area contributed by atoms with Crippen molar-refractivity contribution in [2.75, 3.05) is 5.33 Å². The molecular weight excluding hydrogens is 1750 g/mol. The first kappa shape index (κ1) is 93.1. The monoisotopic (exact) mass is 1830 g/mol. The van der Waals surface area contributed by atoms with Crippen LogP contribution in [-0.2, 0) is 9.31 Å². The molecule has 3 radical (unpaired) electrons. The van der Waals surface area contributed by atoms with Gasteiger partial charge in [-0.05, 0) is 124 Å². The average molecular weight is 1830 g/mol. The number of hydrogen-bond acceptors (Lipinski definition) is 11. The number of Topliss-reactive ketones (excluding diaryl/α,β-unsaturated/α-hetero) is 1. The van der Waals surface area contributed by atoms with Crippen LogP contribution in [-0.4, -0.2) is 76.2 Å². The van der Waals surface area contributed by atoms with Gasteiger partial charge in [0.1, 0.15) is 44.4 Å². The zero-order valence-corrected chi connectivity index (χ0v) is 74.7. The van der Waals surface area contributed by atoms with Gasteiger partial charge in [-0.2, -0.15) is 0 Å². The van der Waals surface area contributed by atoms with E-state index in [1.807, 2.05) is 80.4 Å². The second kappa shape index (κ2) is 43.0. The molecule has 553 valence electrons. The van der Waals surface area contributed by atoms with Crippen LogP contribution in [0.1, 0.15) is 126 Å². The third-order valence-corrected chi connectivity index (χ3v) is 39.8. The molecule has 0 atom stereocenters. The van der Waals surface area contributed by atoms with Crippen molar-refractivity contribution in [3.05, 3.63) is 230 Å². The van der Waals surface area contributed by atoms with E-state index in [0.717, 1.165) is 60.7 Å². The number of thiophene rings is 4. The molecule has 7 nitrogen and oxygen atoms in total. The molecule has 1 fully saturated rings. The van der Waals surface area contributed by atoms with Gasteiger partial charge >= 0.3 is 145 Å². The molecule has 1 saturated heterocycles. The standard InChI is InChI=1S/C16H11ClFNS.C15H8BrClFNOS.C14H16BFO2S.C13H6Cl2FNS.C5H2Cl3N.3C4H9.C3H5.CH4.B.Na.Sn.H/c1-9(2)14-6-10(17)7-15(19-14)12-8-20-16-11(12)4-3-5-13(16)18;16-6-14(20)13-5-8(17)4-12(19-13)10-7-21-15-9(10)2-1-3-11(15)18;1-13(2)14(3,4)18-15(17-13)10-8-19-12-9(10)6-5-7-11(12)16;14-7-4-11(17-12(15)5-7)9-6-18-13-8(9)2-1-3-10(13)16;6-3-1-4(7)9-5(8)2-3;3*1-3-4-2;1-3-2;;;;;/h3-8H,1H2,2H3;1-5,7H,6H2;5-8H,1-4H3;1-6H;1-2H;3*1,3-4H2,2H3;1H2,2H3;1H4;;;;/q;;;;;;;;;;;+1;;-1. The van der Waals surface area contributed by atoms with Gasteiger partial charge in [-0.15, -0.1) is 45.3 Å². The number of allylic oxidation sites excluding steroid dienone is 2. The molecule has 0 aliphatic carbocycles. The molecule has 12 aromatic rings. The molecule has 0 bridgehead atoms. The summed E-state index contributed by atoms with van der Waals surface area (Å²) in [5.41, 5.74) is 6.55. The van der Waals surface area contributed by atoms with E-state index in [2.05, 4.69) is 76.7 Å². The maximum atomic E-state index is 13.8. The van der Waals surface area contributed by atoms with Gasteiger partial charge in [-0.3, -0.25) is 4.79 Å². The third-order valence-electron chi connectivity index (χ3n) is 17.4. The van der Waals surface area contributed by atoms with Gasteiger partial charge in [0.2, 0.25) is 0 Å². The smallest absolute Gasteiger partial charge is 1.00 e. The molecule has 9 heterocycles. The van der Waals surface area contributed by atoms with Crippen LogP contribution in [0, 0.1) is 23.3 Å². The van der Waals surface area contributed by atoms with E-state index < -0.39 is 25.5 Å². The Morgan fingerprint density at radius 2 is 0.830 bits per heavy atom. The summed E-state index contributed by atoms with van der Waals surface area (Å²) >= 11 is 47.1. The zero-order valence-electron chi connectivity index (χ0n) is 60.7. The van der Waals surface area contributed by atoms with Gasteiger partial charge < -0.3 is 10.7 Å². The van der Waals surface area contributed by atoms with Crippen molar-refractivity contribution in [3.63, 3.8) is 0 Å². The number of halogens is 12. The Morgan fingerprint density at radius 3 is 1.18 bits per heavy atom. The summed E-state index contributed by atoms with van der Waals surface area (Å²) in [5.74, 6) is -1.03. The Kier molecular flexibility index (Phi) is 37.8. The number of fused-ring (bicyclic) bond motifs is 4. The normalized spacial score (nSPS) is 12.5. The van der Waals surface area contributed by atoms with E-state index in [4.69, 9.17) is 90.5 Å². The molecule has 0 unspecified atom stereocenters. The number of benzene rings is 4. The van der Waals surface area contributed by atoms with E-state index in [0.29, 0.717) is 71.4 Å². The molecule has 106 heavy (non-hydrogen) atoms. The summed E-state index contributed by atoms with van der Waals surface area (Å²) in [5, 5.41) is 14.0. The molecule has 27 heteroatoms. The number of carbonyl (C=O) groups excluding carboxylic acids is 1. The van der Waals surface area contributed by atoms with Crippen LogP contribution >= 0.6 is 142 Å². The minimum atomic E-state index is -1.94. The van der Waals surface area contributed by atoms with Crippen molar-refractivity contribution in [1.29, 1.82) is 0 Å². The number of rotatable bonds is 17. The Bertz CT molecular complexity index is 4890. The van der Waals surface area contributed by atoms with Crippen LogP contribution in [0.3, 0.4) is 0 Å². The molecule has 0 amide bonds. The summed E-state index contributed by atoms with van der Waals surface area (Å²) in [6, 6.07) is 33.2. The van der Waals surface area contributed by atoms with E-state index in [-0.39, 0.29) is 92.4 Å². The van der Waals surface area contributed by atoms with Crippen molar-refractivity contribution in [2.24, 2.45) is 0 Å². The van der Waals surface area contributed by atoms with E-state index in [1.54, 1.807) is 71.5 Å². The summed E-state index contributed by atoms with van der Waals surface area (Å²) < 4.78 is 75.7. The van der Waals surface area contributed by atoms with Crippen molar-refractivity contribution in [2.45, 2.75) is 133 Å². The predicted molar refractivity (Wildman–Crippen MR) is 458 cm³/mol. The van der Waals surface area contributed by atoms with Crippen LogP contribution in [0.5, 0.6) is 0 Å². The number of unbranched alkanes of at least 4 members (excludes halogenated alkanes) is 3. The summed E-state index contributed by atoms with van der Waals surface area (Å²) in [7, 11) is -0.430. The number of aromatic nitrogens is 4. The molecule has 0 saturated carbocycles. The van der Waals surface area contributed by atoms with Crippen LogP contribution in [0.25, 0.3) is 79.7 Å². The Balaban J connectivity index is 0.000000273. The second-order valence-electron chi connectivity index (χ2n) is 25.4. The second-order valence-corrected chi connectivity index (χ2v) is 46.5. The first-order chi connectivity index (χ1) is 48.9. The van der Waals surface area contributed by atoms with Gasteiger partial charge in [0, 0.05) is 83.0 Å². The number of alkyl halides is 1. The minimum Gasteiger partial charge on any atom is -1.00 e. The van der Waals surface area contributed by atoms with Crippen LogP contribution in [0.15, 0.2) is 160 Å². The predicted octanol–water partition coefficient (Wildman–Crippen LogP) is 26.2. The summed E-state index contributed by atoms with van der Waals surface area (Å²) in [4.78, 5) is 28.6. The van der Waals surface area contributed by atoms with Crippen LogP contribution < -0.4 is 35.0 Å². The van der Waals surface area contributed by atoms with E-state index in [1.165, 1.54) is 126 Å². The molecule has 4 aromatic carbocycles. The fourth-order valence-electron chi connectivity index (χ4n) is 11.2. The number of nitrogens with zero attached hydrogens (tertiary/aromatic N) is 4. The maximum Gasteiger partial charge on any atom is 1.00 e. The quantitative estimate of drug-likeness (QED) is 0.0295. The topological polar surface area (TPSA) is 87.1 Å². The van der Waals surface area contributed by atoms with Gasteiger partial charge in [0.05, 0.1) is 58.1 Å². The zero-order chi connectivity index (χ0) is 75.1. The minimum absolute atomic E-state index is 0. The molecule has 1 aliphatic rings. The van der Waals surface area contributed by atoms with Gasteiger partial charge in [0.25, 0.3) is 0 Å². The molecule has 13 rings (SSSR count). The van der Waals surface area contributed by atoms with Crippen LogP contribution in [0.4, 0.5) is 17.6 Å². The van der Waals surface area contributed by atoms with Crippen LogP contribution in [0.2, 0.25) is 48.9 Å². The fourth-order valence-corrected chi connectivity index (χ4v) is 31.6. The Hall–Kier alpha value is -3.45. The number of carbonyl (C=O) groups is 1. The van der Waals surface area contributed by atoms with Gasteiger partial charge in [-0.1, -0.05) is 160 Å². The summed E-state index contributed by atoms with van der Waals surface area (Å²) in [6.45, 7) is 27.5. The van der Waals surface area contributed by atoms with Gasteiger partial charge in [0.15, 0.2) is 5.78 Å². The molecular formula is C79H80B2BrCl7F4N4NaO3S4Sn. The third kappa shape index (κ3) is 24.3. The number of ketones is 1. The average Bonchev–Trinajstić information content (AvgIpc) is 1.61. The SMILES string of the molecule is C.C=C(C)c1cc(Cl)cc(-c2csc3c(F)cccc23)n1.C=[C](C)[Sn]([CH2]CCC)([CH2]CCC)[CH2]CCC.CC1(C)OB(c2csc3c(F)cccc23)OC1(C)C.Clc1cc(Cl)nc(Cl)c1.Fc1cccc2c(-c3cc(Cl)cc(Cl)n3)csc12.O=C(CBr)c1cc(Cl)cc(-c2csc3c(F)cccc23)n1.[B].[H-].[Na+]. The van der Waals surface area contributed by atoms with Crippen molar-refractivity contribution >= 4 is 234 Å². The first-order valence-electron chi connectivity index (χ1n) is 33.0. The molecule has 1 aliphatic heterocycles. The van der Waals surface area contributed by atoms with Crippen molar-refractivity contribution in [3.8, 4) is 33.8 Å². The maximum absolute atomic E-state index is 13.8. The fraction of sp³-hybridized carbons (Fsp3) is 0.278. The van der Waals surface area contributed by atoms with E-state index >= 15 is 0 Å². The van der Waals surface area contributed by atoms with Crippen molar-refractivity contribution < 1.29 is 62.6 Å². The van der Waals surface area contributed by atoms with Gasteiger partial charge in [-0.25, -0.2) is 37.5 Å². The van der Waals surface area contributed by atoms with E-state index in [9.17, 15) is 22.4 Å². The molecule has 0 spiro atoms. The Morgan fingerprint density at radius 1 is 0.509 bits per heavy atom. The number of hydrogen-bond donors (Lipinski definition) is 0. The first-order valence-corrected chi connectivity index (χ1v) is 47.8. The van der Waals surface area contributed by atoms with Crippen molar-refractivity contribution in [1.82, 2.24) is 19.9 Å². The largest absolute Gasteiger partial charge is 1.00 e. The summed E-state index contributed by atoms with van der Waals surface area (Å²) in [6.07, 6.45) is 8.46. The molecule has 0 N–H and O–H groups in total. The molecule has 8 aromatic heterocycles.